The maximum Gasteiger partial charge on any atom is 0.119 e. The van der Waals surface area contributed by atoms with Crippen molar-refractivity contribution in [1.82, 2.24) is 5.32 Å². The van der Waals surface area contributed by atoms with E-state index in [1.165, 1.54) is 16.3 Å². The number of methoxy groups -OCH3 is 1. The highest BCUT2D eigenvalue weighted by atomic mass is 16.5. The summed E-state index contributed by atoms with van der Waals surface area (Å²) in [7, 11) is 1.70. The lowest BCUT2D eigenvalue weighted by Crippen LogP contribution is -1.86. The van der Waals surface area contributed by atoms with Gasteiger partial charge in [0.2, 0.25) is 0 Å². The third-order valence-corrected chi connectivity index (χ3v) is 2.88. The third-order valence-electron chi connectivity index (χ3n) is 2.88. The monoisotopic (exact) mass is 199 g/mol. The molecule has 0 unspecified atom stereocenters. The first-order valence-electron chi connectivity index (χ1n) is 5.18. The van der Waals surface area contributed by atoms with Crippen LogP contribution in [0.25, 0.3) is 10.8 Å². The highest BCUT2D eigenvalue weighted by Crippen LogP contribution is 2.27. The second-order valence-corrected chi connectivity index (χ2v) is 3.93. The Morgan fingerprint density at radius 1 is 1.13 bits per heavy atom. The zero-order valence-electron chi connectivity index (χ0n) is 8.66. The second-order valence-electron chi connectivity index (χ2n) is 3.93. The molecule has 1 aliphatic rings. The van der Waals surface area contributed by atoms with Gasteiger partial charge in [-0.1, -0.05) is 18.2 Å². The van der Waals surface area contributed by atoms with Crippen LogP contribution >= 0.6 is 0 Å². The Morgan fingerprint density at radius 3 is 2.60 bits per heavy atom. The van der Waals surface area contributed by atoms with Gasteiger partial charge in [-0.15, -0.1) is 0 Å². The van der Waals surface area contributed by atoms with Crippen LogP contribution in [0.3, 0.4) is 0 Å². The molecule has 3 rings (SSSR count). The summed E-state index contributed by atoms with van der Waals surface area (Å²) >= 11 is 0. The Bertz CT molecular complexity index is 503. The number of rotatable bonds is 2. The summed E-state index contributed by atoms with van der Waals surface area (Å²) < 4.78 is 5.20. The van der Waals surface area contributed by atoms with Gasteiger partial charge in [0.15, 0.2) is 0 Å². The second kappa shape index (κ2) is 3.24. The lowest BCUT2D eigenvalue weighted by Gasteiger charge is -2.04. The van der Waals surface area contributed by atoms with Crippen molar-refractivity contribution in [1.29, 1.82) is 0 Å². The summed E-state index contributed by atoms with van der Waals surface area (Å²) in [5.74, 6) is 0.916. The molecule has 2 aromatic carbocycles. The van der Waals surface area contributed by atoms with E-state index < -0.39 is 0 Å². The van der Waals surface area contributed by atoms with Crippen molar-refractivity contribution in [3.63, 3.8) is 0 Å². The predicted molar refractivity (Wildman–Crippen MR) is 61.2 cm³/mol. The van der Waals surface area contributed by atoms with E-state index in [4.69, 9.17) is 4.74 Å². The molecule has 0 saturated carbocycles. The molecule has 0 amide bonds. The van der Waals surface area contributed by atoms with Gasteiger partial charge in [-0.05, 0) is 34.5 Å². The summed E-state index contributed by atoms with van der Waals surface area (Å²) in [6.45, 7) is 1.11. The summed E-state index contributed by atoms with van der Waals surface area (Å²) in [5, 5.41) is 5.83. The SMILES string of the molecule is COc1ccc2cc([C@H]3CN3)ccc2c1. The van der Waals surface area contributed by atoms with Gasteiger partial charge in [0.05, 0.1) is 7.11 Å². The van der Waals surface area contributed by atoms with Crippen molar-refractivity contribution in [3.05, 3.63) is 42.0 Å². The molecule has 2 nitrogen and oxygen atoms in total. The van der Waals surface area contributed by atoms with E-state index in [0.29, 0.717) is 6.04 Å². The number of ether oxygens (including phenoxy) is 1. The first-order chi connectivity index (χ1) is 7.36. The van der Waals surface area contributed by atoms with E-state index in [9.17, 15) is 0 Å². The molecule has 2 aromatic rings. The molecule has 1 aliphatic heterocycles. The quantitative estimate of drug-likeness (QED) is 0.753. The first-order valence-corrected chi connectivity index (χ1v) is 5.18. The van der Waals surface area contributed by atoms with Crippen LogP contribution in [-0.4, -0.2) is 13.7 Å². The largest absolute Gasteiger partial charge is 0.497 e. The minimum atomic E-state index is 0.580. The fourth-order valence-electron chi connectivity index (χ4n) is 1.88. The molecule has 0 aliphatic carbocycles. The lowest BCUT2D eigenvalue weighted by molar-refractivity contribution is 0.415. The molecule has 2 heteroatoms. The highest BCUT2D eigenvalue weighted by molar-refractivity contribution is 5.84. The van der Waals surface area contributed by atoms with Crippen molar-refractivity contribution < 1.29 is 4.74 Å². The first kappa shape index (κ1) is 8.74. The lowest BCUT2D eigenvalue weighted by atomic mass is 10.1. The molecular weight excluding hydrogens is 186 g/mol. The van der Waals surface area contributed by atoms with Gasteiger partial charge in [-0.2, -0.15) is 0 Å². The summed E-state index contributed by atoms with van der Waals surface area (Å²) in [6, 6.07) is 13.4. The highest BCUT2D eigenvalue weighted by Gasteiger charge is 2.21. The van der Waals surface area contributed by atoms with Gasteiger partial charge in [-0.25, -0.2) is 0 Å². The van der Waals surface area contributed by atoms with Crippen LogP contribution in [0.4, 0.5) is 0 Å². The number of hydrogen-bond acceptors (Lipinski definition) is 2. The van der Waals surface area contributed by atoms with Crippen molar-refractivity contribution in [2.24, 2.45) is 0 Å². The van der Waals surface area contributed by atoms with Gasteiger partial charge in [0.1, 0.15) is 5.75 Å². The number of hydrogen-bond donors (Lipinski definition) is 1. The molecular formula is C13H13NO. The average Bonchev–Trinajstić information content (AvgIpc) is 3.11. The fourth-order valence-corrected chi connectivity index (χ4v) is 1.88. The topological polar surface area (TPSA) is 31.2 Å². The van der Waals surface area contributed by atoms with Gasteiger partial charge >= 0.3 is 0 Å². The molecule has 0 aromatic heterocycles. The van der Waals surface area contributed by atoms with Crippen LogP contribution in [0.15, 0.2) is 36.4 Å². The van der Waals surface area contributed by atoms with Gasteiger partial charge in [-0.3, -0.25) is 0 Å². The van der Waals surface area contributed by atoms with E-state index >= 15 is 0 Å². The number of benzene rings is 2. The molecule has 1 saturated heterocycles. The molecule has 0 spiro atoms. The van der Waals surface area contributed by atoms with Crippen LogP contribution in [0.1, 0.15) is 11.6 Å². The maximum atomic E-state index is 5.20. The zero-order chi connectivity index (χ0) is 10.3. The Labute approximate surface area is 88.9 Å². The minimum absolute atomic E-state index is 0.580. The zero-order valence-corrected chi connectivity index (χ0v) is 8.66. The fraction of sp³-hybridized carbons (Fsp3) is 0.231. The standard InChI is InChI=1S/C13H13NO/c1-15-12-5-4-9-6-11(13-8-14-13)3-2-10(9)7-12/h2-7,13-14H,8H2,1H3/t13-/m1/s1. The molecule has 15 heavy (non-hydrogen) atoms. The van der Waals surface area contributed by atoms with E-state index in [0.717, 1.165) is 12.3 Å². The average molecular weight is 199 g/mol. The van der Waals surface area contributed by atoms with Crippen LogP contribution in [-0.2, 0) is 0 Å². The van der Waals surface area contributed by atoms with E-state index in [2.05, 4.69) is 35.6 Å². The Morgan fingerprint density at radius 2 is 1.87 bits per heavy atom. The van der Waals surface area contributed by atoms with Crippen molar-refractivity contribution in [3.8, 4) is 5.75 Å². The summed E-state index contributed by atoms with van der Waals surface area (Å²) in [5.41, 5.74) is 1.38. The molecule has 76 valence electrons. The number of nitrogens with one attached hydrogen (secondary N) is 1. The normalized spacial score (nSPS) is 19.1. The molecule has 1 fully saturated rings. The van der Waals surface area contributed by atoms with E-state index in [1.54, 1.807) is 7.11 Å². The predicted octanol–water partition coefficient (Wildman–Crippen LogP) is 2.49. The molecule has 1 N–H and O–H groups in total. The summed E-state index contributed by atoms with van der Waals surface area (Å²) in [4.78, 5) is 0. The summed E-state index contributed by atoms with van der Waals surface area (Å²) in [6.07, 6.45) is 0. The Hall–Kier alpha value is -1.54. The maximum absolute atomic E-state index is 5.20. The van der Waals surface area contributed by atoms with Crippen LogP contribution in [0, 0.1) is 0 Å². The van der Waals surface area contributed by atoms with Crippen molar-refractivity contribution in [2.45, 2.75) is 6.04 Å². The molecule has 1 atom stereocenters. The van der Waals surface area contributed by atoms with Crippen LogP contribution < -0.4 is 10.1 Å². The van der Waals surface area contributed by atoms with Gasteiger partial charge < -0.3 is 10.1 Å². The Kier molecular flexibility index (Phi) is 1.89. The van der Waals surface area contributed by atoms with E-state index in [1.807, 2.05) is 6.07 Å². The third kappa shape index (κ3) is 1.57. The Balaban J connectivity index is 2.11. The number of fused-ring (bicyclic) bond motifs is 1. The van der Waals surface area contributed by atoms with Gasteiger partial charge in [0.25, 0.3) is 0 Å². The van der Waals surface area contributed by atoms with E-state index in [-0.39, 0.29) is 0 Å². The van der Waals surface area contributed by atoms with Crippen LogP contribution in [0.5, 0.6) is 5.75 Å². The smallest absolute Gasteiger partial charge is 0.119 e. The molecule has 1 heterocycles. The van der Waals surface area contributed by atoms with Gasteiger partial charge in [0, 0.05) is 12.6 Å². The van der Waals surface area contributed by atoms with Crippen molar-refractivity contribution in [2.75, 3.05) is 13.7 Å². The molecule has 0 radical (unpaired) electrons. The van der Waals surface area contributed by atoms with Crippen molar-refractivity contribution >= 4 is 10.8 Å². The molecule has 0 bridgehead atoms. The van der Waals surface area contributed by atoms with Crippen LogP contribution in [0.2, 0.25) is 0 Å². The minimum Gasteiger partial charge on any atom is -0.497 e.